The zero-order valence-corrected chi connectivity index (χ0v) is 14.6. The molecule has 1 aromatic carbocycles. The molecule has 0 radical (unpaired) electrons. The van der Waals surface area contributed by atoms with Crippen LogP contribution in [0.1, 0.15) is 18.4 Å². The van der Waals surface area contributed by atoms with Gasteiger partial charge in [-0.05, 0) is 31.0 Å². The zero-order valence-electron chi connectivity index (χ0n) is 13.0. The van der Waals surface area contributed by atoms with E-state index in [1.54, 1.807) is 4.90 Å². The van der Waals surface area contributed by atoms with Crippen molar-refractivity contribution in [3.05, 3.63) is 28.8 Å². The van der Waals surface area contributed by atoms with Gasteiger partial charge >= 0.3 is 6.18 Å². The van der Waals surface area contributed by atoms with Crippen LogP contribution in [0.3, 0.4) is 0 Å². The molecule has 0 aromatic heterocycles. The third-order valence-corrected chi connectivity index (χ3v) is 5.69. The fraction of sp³-hybridized carbons (Fsp3) is 0.500. The number of carbonyl (C=O) groups excluding carboxylic acids is 1. The topological polar surface area (TPSA) is 92.5 Å². The third-order valence-electron chi connectivity index (χ3n) is 3.84. The van der Waals surface area contributed by atoms with E-state index in [4.69, 9.17) is 17.3 Å². The fourth-order valence-electron chi connectivity index (χ4n) is 2.61. The quantitative estimate of drug-likeness (QED) is 0.786. The zero-order chi connectivity index (χ0) is 18.8. The molecule has 1 aliphatic rings. The molecule has 140 valence electrons. The number of nitrogens with two attached hydrogens (primary N) is 1. The minimum absolute atomic E-state index is 0.0889. The van der Waals surface area contributed by atoms with E-state index in [1.165, 1.54) is 0 Å². The molecule has 1 heterocycles. The van der Waals surface area contributed by atoms with Gasteiger partial charge in [0.15, 0.2) is 0 Å². The molecule has 0 unspecified atom stereocenters. The molecular weight excluding hydrogens is 383 g/mol. The van der Waals surface area contributed by atoms with Crippen molar-refractivity contribution in [1.82, 2.24) is 9.62 Å². The number of piperidine rings is 1. The lowest BCUT2D eigenvalue weighted by Crippen LogP contribution is -2.46. The molecule has 0 aliphatic carbocycles. The first-order chi connectivity index (χ1) is 11.5. The molecule has 0 atom stereocenters. The molecule has 11 heteroatoms. The summed E-state index contributed by atoms with van der Waals surface area (Å²) in [6, 6.07) is 2.03. The lowest BCUT2D eigenvalue weighted by molar-refractivity contribution is -0.137. The number of rotatable bonds is 5. The molecule has 1 aliphatic heterocycles. The van der Waals surface area contributed by atoms with Gasteiger partial charge in [0.1, 0.15) is 0 Å². The van der Waals surface area contributed by atoms with Gasteiger partial charge < -0.3 is 5.73 Å². The highest BCUT2D eigenvalue weighted by Crippen LogP contribution is 2.36. The Morgan fingerprint density at radius 2 is 1.92 bits per heavy atom. The van der Waals surface area contributed by atoms with Crippen molar-refractivity contribution in [2.45, 2.75) is 30.0 Å². The summed E-state index contributed by atoms with van der Waals surface area (Å²) in [4.78, 5) is 12.2. The van der Waals surface area contributed by atoms with Crippen LogP contribution in [-0.2, 0) is 21.0 Å². The fourth-order valence-corrected chi connectivity index (χ4v) is 4.16. The predicted octanol–water partition coefficient (Wildman–Crippen LogP) is 1.59. The molecule has 1 amide bonds. The van der Waals surface area contributed by atoms with E-state index < -0.39 is 43.6 Å². The molecule has 0 saturated carbocycles. The van der Waals surface area contributed by atoms with Gasteiger partial charge in [-0.3, -0.25) is 9.69 Å². The Morgan fingerprint density at radius 1 is 1.32 bits per heavy atom. The smallest absolute Gasteiger partial charge is 0.369 e. The highest BCUT2D eigenvalue weighted by atomic mass is 35.5. The van der Waals surface area contributed by atoms with Crippen LogP contribution >= 0.6 is 11.6 Å². The van der Waals surface area contributed by atoms with Crippen molar-refractivity contribution in [1.29, 1.82) is 0 Å². The Hall–Kier alpha value is -1.36. The number of hydrogen-bond acceptors (Lipinski definition) is 4. The molecule has 6 nitrogen and oxygen atoms in total. The normalized spacial score (nSPS) is 17.6. The van der Waals surface area contributed by atoms with E-state index in [9.17, 15) is 26.4 Å². The Labute approximate surface area is 148 Å². The molecule has 0 bridgehead atoms. The van der Waals surface area contributed by atoms with Gasteiger partial charge in [-0.1, -0.05) is 11.6 Å². The van der Waals surface area contributed by atoms with Crippen LogP contribution in [0, 0.1) is 0 Å². The predicted molar refractivity (Wildman–Crippen MR) is 85.4 cm³/mol. The number of likely N-dealkylation sites (tertiary alicyclic amines) is 1. The van der Waals surface area contributed by atoms with E-state index in [-0.39, 0.29) is 6.54 Å². The number of primary amides is 1. The number of alkyl halides is 3. The van der Waals surface area contributed by atoms with E-state index in [0.717, 1.165) is 12.1 Å². The molecule has 25 heavy (non-hydrogen) atoms. The molecule has 0 spiro atoms. The maximum Gasteiger partial charge on any atom is 0.417 e. The second kappa shape index (κ2) is 7.48. The Balaban J connectivity index is 2.09. The summed E-state index contributed by atoms with van der Waals surface area (Å²) in [5.41, 5.74) is 3.90. The number of hydrogen-bond donors (Lipinski definition) is 2. The van der Waals surface area contributed by atoms with Crippen molar-refractivity contribution in [2.75, 3.05) is 19.6 Å². The number of carbonyl (C=O) groups is 1. The van der Waals surface area contributed by atoms with Crippen LogP contribution < -0.4 is 10.5 Å². The molecule has 1 aromatic rings. The first-order valence-electron chi connectivity index (χ1n) is 7.39. The number of nitrogens with one attached hydrogen (secondary N) is 1. The van der Waals surface area contributed by atoms with Crippen molar-refractivity contribution in [2.24, 2.45) is 5.73 Å². The Morgan fingerprint density at radius 3 is 2.44 bits per heavy atom. The highest BCUT2D eigenvalue weighted by Gasteiger charge is 2.35. The van der Waals surface area contributed by atoms with Gasteiger partial charge in [0.05, 0.1) is 22.0 Å². The van der Waals surface area contributed by atoms with E-state index in [2.05, 4.69) is 4.72 Å². The first-order valence-corrected chi connectivity index (χ1v) is 9.25. The van der Waals surface area contributed by atoms with Crippen LogP contribution in [0.2, 0.25) is 5.02 Å². The van der Waals surface area contributed by atoms with Gasteiger partial charge in [-0.25, -0.2) is 13.1 Å². The summed E-state index contributed by atoms with van der Waals surface area (Å²) in [5, 5.41) is -0.564. The van der Waals surface area contributed by atoms with Crippen LogP contribution in [0.4, 0.5) is 13.2 Å². The number of benzene rings is 1. The molecule has 2 rings (SSSR count). The second-order valence-corrected chi connectivity index (χ2v) is 7.90. The summed E-state index contributed by atoms with van der Waals surface area (Å²) in [6.07, 6.45) is -3.90. The summed E-state index contributed by atoms with van der Waals surface area (Å²) in [5.74, 6) is -0.472. The average Bonchev–Trinajstić information content (AvgIpc) is 2.47. The average molecular weight is 400 g/mol. The van der Waals surface area contributed by atoms with Gasteiger partial charge in [-0.15, -0.1) is 0 Å². The summed E-state index contributed by atoms with van der Waals surface area (Å²) in [6.45, 7) is 1.01. The van der Waals surface area contributed by atoms with Crippen LogP contribution in [0.15, 0.2) is 23.1 Å². The molecule has 1 fully saturated rings. The Bertz CT molecular complexity index is 747. The van der Waals surface area contributed by atoms with E-state index in [1.807, 2.05) is 0 Å². The summed E-state index contributed by atoms with van der Waals surface area (Å²) < 4.78 is 65.7. The molecular formula is C14H17ClF3N3O3S. The van der Waals surface area contributed by atoms with Crippen molar-refractivity contribution >= 4 is 27.5 Å². The van der Waals surface area contributed by atoms with Gasteiger partial charge in [0.2, 0.25) is 15.9 Å². The monoisotopic (exact) mass is 399 g/mol. The summed E-state index contributed by atoms with van der Waals surface area (Å²) >= 11 is 5.50. The van der Waals surface area contributed by atoms with Gasteiger partial charge in [0.25, 0.3) is 0 Å². The SMILES string of the molecule is NC(=O)CN1CCC(NS(=O)(=O)c2ccc(Cl)c(C(F)(F)F)c2)CC1. The van der Waals surface area contributed by atoms with Gasteiger partial charge in [0, 0.05) is 19.1 Å². The minimum atomic E-state index is -4.75. The maximum atomic E-state index is 12.9. The first kappa shape index (κ1) is 20.0. The van der Waals surface area contributed by atoms with Crippen molar-refractivity contribution in [3.63, 3.8) is 0 Å². The van der Waals surface area contributed by atoms with Gasteiger partial charge in [-0.2, -0.15) is 13.2 Å². The Kier molecular flexibility index (Phi) is 5.97. The third kappa shape index (κ3) is 5.30. The maximum absolute atomic E-state index is 12.9. The van der Waals surface area contributed by atoms with E-state index >= 15 is 0 Å². The van der Waals surface area contributed by atoms with Crippen LogP contribution in [0.25, 0.3) is 0 Å². The number of nitrogens with zero attached hydrogens (tertiary/aromatic N) is 1. The second-order valence-electron chi connectivity index (χ2n) is 5.78. The molecule has 3 N–H and O–H groups in total. The lowest BCUT2D eigenvalue weighted by atomic mass is 10.1. The highest BCUT2D eigenvalue weighted by molar-refractivity contribution is 7.89. The largest absolute Gasteiger partial charge is 0.417 e. The summed E-state index contributed by atoms with van der Waals surface area (Å²) in [7, 11) is -4.12. The number of amides is 1. The van der Waals surface area contributed by atoms with Crippen LogP contribution in [-0.4, -0.2) is 44.9 Å². The van der Waals surface area contributed by atoms with Crippen molar-refractivity contribution < 1.29 is 26.4 Å². The lowest BCUT2D eigenvalue weighted by Gasteiger charge is -2.31. The molecule has 1 saturated heterocycles. The standard InChI is InChI=1S/C14H17ClF3N3O3S/c15-12-2-1-10(7-11(12)14(16,17)18)25(23,24)20-9-3-5-21(6-4-9)8-13(19)22/h1-2,7,9,20H,3-6,8H2,(H2,19,22). The van der Waals surface area contributed by atoms with Crippen molar-refractivity contribution in [3.8, 4) is 0 Å². The van der Waals surface area contributed by atoms with E-state index in [0.29, 0.717) is 32.0 Å². The number of sulfonamides is 1. The number of halogens is 4. The van der Waals surface area contributed by atoms with Crippen LogP contribution in [0.5, 0.6) is 0 Å². The minimum Gasteiger partial charge on any atom is -0.369 e.